The Morgan fingerprint density at radius 2 is 2.10 bits per heavy atom. The van der Waals surface area contributed by atoms with E-state index in [0.29, 0.717) is 16.9 Å². The van der Waals surface area contributed by atoms with Crippen LogP contribution in [-0.4, -0.2) is 17.1 Å². The summed E-state index contributed by atoms with van der Waals surface area (Å²) in [4.78, 5) is 9.09. The maximum atomic E-state index is 6.24. The summed E-state index contributed by atoms with van der Waals surface area (Å²) < 4.78 is 7.09. The Kier molecular flexibility index (Phi) is 4.19. The van der Waals surface area contributed by atoms with E-state index in [4.69, 9.17) is 21.3 Å². The molecule has 1 aromatic carbocycles. The van der Waals surface area contributed by atoms with Gasteiger partial charge >= 0.3 is 0 Å². The van der Waals surface area contributed by atoms with E-state index in [1.54, 1.807) is 7.11 Å². The highest BCUT2D eigenvalue weighted by Gasteiger charge is 2.29. The molecule has 6 heteroatoms. The van der Waals surface area contributed by atoms with E-state index < -0.39 is 0 Å². The van der Waals surface area contributed by atoms with E-state index in [1.165, 1.54) is 12.8 Å². The highest BCUT2D eigenvalue weighted by atomic mass is 127. The second-order valence-corrected chi connectivity index (χ2v) is 6.95. The third kappa shape index (κ3) is 2.80. The van der Waals surface area contributed by atoms with Crippen molar-refractivity contribution in [1.29, 1.82) is 0 Å². The molecule has 0 saturated heterocycles. The molecule has 2 aromatic rings. The lowest BCUT2D eigenvalue weighted by Crippen LogP contribution is -1.99. The van der Waals surface area contributed by atoms with E-state index in [-0.39, 0.29) is 0 Å². The highest BCUT2D eigenvalue weighted by Crippen LogP contribution is 2.43. The number of hydrogen-bond acceptors (Lipinski definition) is 3. The smallest absolute Gasteiger partial charge is 0.161 e. The van der Waals surface area contributed by atoms with Gasteiger partial charge in [0.2, 0.25) is 0 Å². The third-order valence-corrected chi connectivity index (χ3v) is 5.49. The Bertz CT molecular complexity index is 676. The zero-order valence-electron chi connectivity index (χ0n) is 10.7. The quantitative estimate of drug-likeness (QED) is 0.470. The molecule has 20 heavy (non-hydrogen) atoms. The molecule has 1 fully saturated rings. The predicted octanol–water partition coefficient (Wildman–Crippen LogP) is 5.05. The summed E-state index contributed by atoms with van der Waals surface area (Å²) in [6.07, 6.45) is 2.38. The SMILES string of the molecule is COc1ccc(-c2nc(Cl)c(I)c(C3CC3)n2)cc1Br. The number of halogens is 3. The minimum atomic E-state index is 0.532. The Labute approximate surface area is 144 Å². The summed E-state index contributed by atoms with van der Waals surface area (Å²) in [6, 6.07) is 5.79. The van der Waals surface area contributed by atoms with Crippen molar-refractivity contribution in [2.75, 3.05) is 7.11 Å². The highest BCUT2D eigenvalue weighted by molar-refractivity contribution is 14.1. The first kappa shape index (κ1) is 14.5. The molecule has 1 aromatic heterocycles. The van der Waals surface area contributed by atoms with Gasteiger partial charge in [-0.1, -0.05) is 11.6 Å². The van der Waals surface area contributed by atoms with E-state index in [9.17, 15) is 0 Å². The van der Waals surface area contributed by atoms with Crippen molar-refractivity contribution in [3.63, 3.8) is 0 Å². The summed E-state index contributed by atoms with van der Waals surface area (Å²) in [6.45, 7) is 0. The van der Waals surface area contributed by atoms with E-state index in [2.05, 4.69) is 43.5 Å². The first-order valence-electron chi connectivity index (χ1n) is 6.17. The van der Waals surface area contributed by atoms with Crippen LogP contribution in [0.25, 0.3) is 11.4 Å². The van der Waals surface area contributed by atoms with Gasteiger partial charge in [-0.15, -0.1) is 0 Å². The maximum absolute atomic E-state index is 6.24. The third-order valence-electron chi connectivity index (χ3n) is 3.21. The van der Waals surface area contributed by atoms with Crippen LogP contribution >= 0.6 is 50.1 Å². The molecule has 0 spiro atoms. The van der Waals surface area contributed by atoms with Crippen LogP contribution in [0.15, 0.2) is 22.7 Å². The number of benzene rings is 1. The van der Waals surface area contributed by atoms with Crippen LogP contribution in [-0.2, 0) is 0 Å². The summed E-state index contributed by atoms with van der Waals surface area (Å²) >= 11 is 12.0. The normalized spacial score (nSPS) is 14.4. The largest absolute Gasteiger partial charge is 0.496 e. The minimum absolute atomic E-state index is 0.532. The second kappa shape index (κ2) is 5.77. The van der Waals surface area contributed by atoms with Crippen LogP contribution < -0.4 is 4.74 Å². The van der Waals surface area contributed by atoms with Gasteiger partial charge in [0.25, 0.3) is 0 Å². The van der Waals surface area contributed by atoms with Crippen molar-refractivity contribution < 1.29 is 4.74 Å². The molecule has 3 nitrogen and oxygen atoms in total. The van der Waals surface area contributed by atoms with E-state index in [0.717, 1.165) is 25.0 Å². The molecule has 1 aliphatic carbocycles. The Hall–Kier alpha value is -0.400. The fourth-order valence-electron chi connectivity index (χ4n) is 2.00. The lowest BCUT2D eigenvalue weighted by Gasteiger charge is -2.09. The predicted molar refractivity (Wildman–Crippen MR) is 91.4 cm³/mol. The number of rotatable bonds is 3. The molecule has 0 bridgehead atoms. The fourth-order valence-corrected chi connectivity index (χ4v) is 3.40. The molecule has 3 rings (SSSR count). The van der Waals surface area contributed by atoms with Crippen molar-refractivity contribution in [3.05, 3.63) is 37.1 Å². The molecule has 0 aliphatic heterocycles. The van der Waals surface area contributed by atoms with Gasteiger partial charge in [0.05, 0.1) is 20.8 Å². The molecular weight excluding hydrogens is 454 g/mol. The summed E-state index contributed by atoms with van der Waals surface area (Å²) in [5, 5.41) is 0.532. The zero-order chi connectivity index (χ0) is 14.3. The number of methoxy groups -OCH3 is 1. The summed E-state index contributed by atoms with van der Waals surface area (Å²) in [5.74, 6) is 2.00. The van der Waals surface area contributed by atoms with Gasteiger partial charge in [-0.2, -0.15) is 0 Å². The van der Waals surface area contributed by atoms with Gasteiger partial charge in [-0.05, 0) is 69.6 Å². The van der Waals surface area contributed by atoms with Gasteiger partial charge in [0.1, 0.15) is 10.9 Å². The molecule has 0 atom stereocenters. The lowest BCUT2D eigenvalue weighted by molar-refractivity contribution is 0.412. The van der Waals surface area contributed by atoms with Crippen molar-refractivity contribution >= 4 is 50.1 Å². The van der Waals surface area contributed by atoms with Crippen LogP contribution in [0, 0.1) is 3.57 Å². The Morgan fingerprint density at radius 1 is 1.35 bits per heavy atom. The molecule has 0 amide bonds. The standard InChI is InChI=1S/C14H11BrClIN2O/c1-20-10-5-4-8(6-9(10)15)14-18-12(7-2-3-7)11(17)13(16)19-14/h4-7H,2-3H2,1H3. The Morgan fingerprint density at radius 3 is 2.70 bits per heavy atom. The van der Waals surface area contributed by atoms with Crippen molar-refractivity contribution in [3.8, 4) is 17.1 Å². The first-order chi connectivity index (χ1) is 9.60. The van der Waals surface area contributed by atoms with Crippen LogP contribution in [0.5, 0.6) is 5.75 Å². The fraction of sp³-hybridized carbons (Fsp3) is 0.286. The monoisotopic (exact) mass is 464 g/mol. The van der Waals surface area contributed by atoms with Gasteiger partial charge in [-0.25, -0.2) is 9.97 Å². The van der Waals surface area contributed by atoms with Crippen LogP contribution in [0.2, 0.25) is 5.15 Å². The second-order valence-electron chi connectivity index (χ2n) is 4.66. The topological polar surface area (TPSA) is 35.0 Å². The molecule has 0 radical (unpaired) electrons. The molecule has 0 N–H and O–H groups in total. The van der Waals surface area contributed by atoms with Crippen LogP contribution in [0.4, 0.5) is 0 Å². The summed E-state index contributed by atoms with van der Waals surface area (Å²) in [7, 11) is 1.64. The molecule has 1 saturated carbocycles. The van der Waals surface area contributed by atoms with Crippen LogP contribution in [0.3, 0.4) is 0 Å². The average Bonchev–Trinajstić information content (AvgIpc) is 3.26. The van der Waals surface area contributed by atoms with Gasteiger partial charge in [0.15, 0.2) is 5.82 Å². The van der Waals surface area contributed by atoms with Crippen LogP contribution in [0.1, 0.15) is 24.5 Å². The number of ether oxygens (including phenoxy) is 1. The van der Waals surface area contributed by atoms with E-state index >= 15 is 0 Å². The molecular formula is C14H11BrClIN2O. The Balaban J connectivity index is 2.07. The molecule has 1 aliphatic rings. The van der Waals surface area contributed by atoms with Crippen molar-refractivity contribution in [2.24, 2.45) is 0 Å². The molecule has 1 heterocycles. The average molecular weight is 466 g/mol. The van der Waals surface area contributed by atoms with Gasteiger partial charge < -0.3 is 4.74 Å². The number of aromatic nitrogens is 2. The number of nitrogens with zero attached hydrogens (tertiary/aromatic N) is 2. The number of hydrogen-bond donors (Lipinski definition) is 0. The molecule has 104 valence electrons. The summed E-state index contributed by atoms with van der Waals surface area (Å²) in [5.41, 5.74) is 2.01. The molecule has 0 unspecified atom stereocenters. The van der Waals surface area contributed by atoms with Gasteiger partial charge in [-0.3, -0.25) is 0 Å². The van der Waals surface area contributed by atoms with Crippen molar-refractivity contribution in [1.82, 2.24) is 9.97 Å². The van der Waals surface area contributed by atoms with Gasteiger partial charge in [0, 0.05) is 11.5 Å². The lowest BCUT2D eigenvalue weighted by atomic mass is 10.2. The minimum Gasteiger partial charge on any atom is -0.496 e. The zero-order valence-corrected chi connectivity index (χ0v) is 15.2. The maximum Gasteiger partial charge on any atom is 0.161 e. The van der Waals surface area contributed by atoms with E-state index in [1.807, 2.05) is 18.2 Å². The first-order valence-corrected chi connectivity index (χ1v) is 8.42. The van der Waals surface area contributed by atoms with Crippen molar-refractivity contribution in [2.45, 2.75) is 18.8 Å².